The molecule has 130 valence electrons. The van der Waals surface area contributed by atoms with Crippen LogP contribution >= 0.6 is 0 Å². The molecule has 1 saturated carbocycles. The van der Waals surface area contributed by atoms with Crippen molar-refractivity contribution in [1.82, 2.24) is 15.2 Å². The summed E-state index contributed by atoms with van der Waals surface area (Å²) >= 11 is 0. The van der Waals surface area contributed by atoms with E-state index in [9.17, 15) is 9.59 Å². The molecule has 1 aromatic heterocycles. The molecule has 0 radical (unpaired) electrons. The van der Waals surface area contributed by atoms with E-state index in [2.05, 4.69) is 10.3 Å². The Hall–Kier alpha value is -1.82. The molecule has 24 heavy (non-hydrogen) atoms. The molecule has 0 aromatic carbocycles. The molecule has 2 N–H and O–H groups in total. The zero-order valence-electron chi connectivity index (χ0n) is 13.9. The molecule has 3 heterocycles. The van der Waals surface area contributed by atoms with E-state index >= 15 is 0 Å². The van der Waals surface area contributed by atoms with Crippen molar-refractivity contribution in [2.24, 2.45) is 0 Å². The smallest absolute Gasteiger partial charge is 0.255 e. The molecule has 2 aliphatic heterocycles. The Morgan fingerprint density at radius 2 is 2.00 bits per heavy atom. The Labute approximate surface area is 141 Å². The van der Waals surface area contributed by atoms with E-state index in [1.54, 1.807) is 18.5 Å². The standard InChI is InChI=1S/C18H25N3O3/c22-17(20-13-3-1-2-4-13)16-6-5-14-15(24-16)8-10-21(14)18(23)12-7-9-19-11-12/h7,9,11,13-16,19H,1-6,8,10H2,(H,20,22)/t14-,15-,16-/m1/s1. The van der Waals surface area contributed by atoms with Gasteiger partial charge in [-0.25, -0.2) is 0 Å². The van der Waals surface area contributed by atoms with Crippen molar-refractivity contribution >= 4 is 11.8 Å². The highest BCUT2D eigenvalue weighted by Gasteiger charge is 2.43. The number of rotatable bonds is 3. The van der Waals surface area contributed by atoms with Crippen molar-refractivity contribution in [2.45, 2.75) is 69.2 Å². The Bertz CT molecular complexity index is 595. The molecule has 3 fully saturated rings. The lowest BCUT2D eigenvalue weighted by atomic mass is 9.98. The molecule has 2 saturated heterocycles. The van der Waals surface area contributed by atoms with Crippen LogP contribution in [-0.2, 0) is 9.53 Å². The number of likely N-dealkylation sites (tertiary alicyclic amines) is 1. The van der Waals surface area contributed by atoms with Crippen molar-refractivity contribution in [2.75, 3.05) is 6.54 Å². The van der Waals surface area contributed by atoms with Crippen LogP contribution in [0.15, 0.2) is 18.5 Å². The summed E-state index contributed by atoms with van der Waals surface area (Å²) in [5.74, 6) is 0.0944. The van der Waals surface area contributed by atoms with Crippen molar-refractivity contribution < 1.29 is 14.3 Å². The van der Waals surface area contributed by atoms with Crippen molar-refractivity contribution in [1.29, 1.82) is 0 Å². The first-order valence-corrected chi connectivity index (χ1v) is 9.12. The molecular weight excluding hydrogens is 306 g/mol. The molecular formula is C18H25N3O3. The van der Waals surface area contributed by atoms with Gasteiger partial charge in [0.2, 0.25) is 5.91 Å². The van der Waals surface area contributed by atoms with Gasteiger partial charge in [0.15, 0.2) is 0 Å². The molecule has 6 heteroatoms. The molecule has 3 aliphatic rings. The van der Waals surface area contributed by atoms with Gasteiger partial charge in [0.1, 0.15) is 6.10 Å². The summed E-state index contributed by atoms with van der Waals surface area (Å²) in [5, 5.41) is 3.14. The van der Waals surface area contributed by atoms with Gasteiger partial charge in [0.05, 0.1) is 17.7 Å². The molecule has 3 atom stereocenters. The van der Waals surface area contributed by atoms with Gasteiger partial charge >= 0.3 is 0 Å². The van der Waals surface area contributed by atoms with Crippen LogP contribution in [0.3, 0.4) is 0 Å². The minimum Gasteiger partial charge on any atom is -0.367 e. The Balaban J connectivity index is 1.35. The highest BCUT2D eigenvalue weighted by molar-refractivity contribution is 5.94. The maximum Gasteiger partial charge on any atom is 0.255 e. The number of aromatic amines is 1. The van der Waals surface area contributed by atoms with Crippen LogP contribution in [0.25, 0.3) is 0 Å². The molecule has 1 aromatic rings. The molecule has 2 amide bonds. The monoisotopic (exact) mass is 331 g/mol. The molecule has 0 unspecified atom stereocenters. The van der Waals surface area contributed by atoms with E-state index in [1.807, 2.05) is 4.90 Å². The second-order valence-electron chi connectivity index (χ2n) is 7.18. The first kappa shape index (κ1) is 15.7. The van der Waals surface area contributed by atoms with Crippen LogP contribution in [0.4, 0.5) is 0 Å². The lowest BCUT2D eigenvalue weighted by molar-refractivity contribution is -0.143. The minimum atomic E-state index is -0.353. The van der Waals surface area contributed by atoms with Gasteiger partial charge in [-0.15, -0.1) is 0 Å². The zero-order chi connectivity index (χ0) is 16.5. The number of hydrogen-bond acceptors (Lipinski definition) is 3. The Morgan fingerprint density at radius 3 is 2.75 bits per heavy atom. The quantitative estimate of drug-likeness (QED) is 0.887. The van der Waals surface area contributed by atoms with E-state index in [0.29, 0.717) is 24.6 Å². The first-order valence-electron chi connectivity index (χ1n) is 9.12. The summed E-state index contributed by atoms with van der Waals surface area (Å²) in [6.45, 7) is 0.705. The molecule has 6 nitrogen and oxygen atoms in total. The summed E-state index contributed by atoms with van der Waals surface area (Å²) in [5.41, 5.74) is 0.691. The summed E-state index contributed by atoms with van der Waals surface area (Å²) < 4.78 is 6.07. The number of carbonyl (C=O) groups excluding carboxylic acids is 2. The second kappa shape index (κ2) is 6.59. The van der Waals surface area contributed by atoms with Gasteiger partial charge in [-0.1, -0.05) is 12.8 Å². The minimum absolute atomic E-state index is 0.0130. The molecule has 0 spiro atoms. The fraction of sp³-hybridized carbons (Fsp3) is 0.667. The summed E-state index contributed by atoms with van der Waals surface area (Å²) in [4.78, 5) is 29.8. The number of carbonyl (C=O) groups is 2. The van der Waals surface area contributed by atoms with Gasteiger partial charge in [-0.3, -0.25) is 9.59 Å². The first-order chi connectivity index (χ1) is 11.7. The van der Waals surface area contributed by atoms with Crippen LogP contribution in [-0.4, -0.2) is 52.5 Å². The van der Waals surface area contributed by atoms with E-state index in [-0.39, 0.29) is 30.1 Å². The molecule has 1 aliphatic carbocycles. The van der Waals surface area contributed by atoms with Gasteiger partial charge in [0, 0.05) is 25.0 Å². The van der Waals surface area contributed by atoms with Crippen LogP contribution in [0.1, 0.15) is 55.3 Å². The maximum absolute atomic E-state index is 12.6. The topological polar surface area (TPSA) is 74.4 Å². The third-order valence-corrected chi connectivity index (χ3v) is 5.65. The average molecular weight is 331 g/mol. The number of ether oxygens (including phenoxy) is 1. The number of nitrogens with one attached hydrogen (secondary N) is 2. The van der Waals surface area contributed by atoms with E-state index in [0.717, 1.165) is 25.7 Å². The summed E-state index contributed by atoms with van der Waals surface area (Å²) in [7, 11) is 0. The van der Waals surface area contributed by atoms with Gasteiger partial charge in [0.25, 0.3) is 5.91 Å². The number of H-pyrrole nitrogens is 1. The van der Waals surface area contributed by atoms with E-state index in [1.165, 1.54) is 12.8 Å². The Kier molecular flexibility index (Phi) is 4.31. The SMILES string of the molecule is O=C(NC1CCCC1)[C@H]1CC[C@@H]2[C@@H](CCN2C(=O)c2cc[nH]c2)O1. The van der Waals surface area contributed by atoms with Crippen molar-refractivity contribution in [3.05, 3.63) is 24.0 Å². The van der Waals surface area contributed by atoms with Crippen molar-refractivity contribution in [3.63, 3.8) is 0 Å². The number of fused-ring (bicyclic) bond motifs is 1. The second-order valence-corrected chi connectivity index (χ2v) is 7.18. The average Bonchev–Trinajstić information content (AvgIpc) is 3.34. The predicted octanol–water partition coefficient (Wildman–Crippen LogP) is 1.84. The van der Waals surface area contributed by atoms with Crippen LogP contribution in [0.2, 0.25) is 0 Å². The van der Waals surface area contributed by atoms with Crippen LogP contribution < -0.4 is 5.32 Å². The van der Waals surface area contributed by atoms with Crippen molar-refractivity contribution in [3.8, 4) is 0 Å². The van der Waals surface area contributed by atoms with Crippen LogP contribution in [0.5, 0.6) is 0 Å². The van der Waals surface area contributed by atoms with Gasteiger partial charge in [-0.05, 0) is 38.2 Å². The van der Waals surface area contributed by atoms with E-state index in [4.69, 9.17) is 4.74 Å². The Morgan fingerprint density at radius 1 is 1.17 bits per heavy atom. The third kappa shape index (κ3) is 2.95. The summed E-state index contributed by atoms with van der Waals surface area (Å²) in [6, 6.07) is 2.23. The maximum atomic E-state index is 12.6. The normalized spacial score (nSPS) is 30.3. The largest absolute Gasteiger partial charge is 0.367 e. The van der Waals surface area contributed by atoms with Gasteiger partial charge < -0.3 is 19.9 Å². The fourth-order valence-electron chi connectivity index (χ4n) is 4.36. The fourth-order valence-corrected chi connectivity index (χ4v) is 4.36. The molecule has 0 bridgehead atoms. The lowest BCUT2D eigenvalue weighted by Gasteiger charge is -2.35. The van der Waals surface area contributed by atoms with E-state index < -0.39 is 0 Å². The van der Waals surface area contributed by atoms with Gasteiger partial charge in [-0.2, -0.15) is 0 Å². The number of aromatic nitrogens is 1. The number of amides is 2. The lowest BCUT2D eigenvalue weighted by Crippen LogP contribution is -2.50. The van der Waals surface area contributed by atoms with Crippen LogP contribution in [0, 0.1) is 0 Å². The summed E-state index contributed by atoms with van der Waals surface area (Å²) in [6.07, 6.45) is 10.1. The third-order valence-electron chi connectivity index (χ3n) is 5.65. The highest BCUT2D eigenvalue weighted by atomic mass is 16.5. The predicted molar refractivity (Wildman–Crippen MR) is 88.5 cm³/mol. The zero-order valence-corrected chi connectivity index (χ0v) is 13.9. The molecule has 4 rings (SSSR count). The highest BCUT2D eigenvalue weighted by Crippen LogP contribution is 2.32. The number of nitrogens with zero attached hydrogens (tertiary/aromatic N) is 1. The number of hydrogen-bond donors (Lipinski definition) is 2.